The van der Waals surface area contributed by atoms with Crippen LogP contribution in [0.2, 0.25) is 0 Å². The van der Waals surface area contributed by atoms with Gasteiger partial charge in [-0.3, -0.25) is 18.6 Å². The summed E-state index contributed by atoms with van der Waals surface area (Å²) in [6.45, 7) is 3.83. The van der Waals surface area contributed by atoms with Crippen molar-refractivity contribution in [3.05, 3.63) is 24.3 Å². The van der Waals surface area contributed by atoms with E-state index in [1.165, 1.54) is 392 Å². The largest absolute Gasteiger partial charge is 0.472 e. The van der Waals surface area contributed by atoms with Gasteiger partial charge in [0.2, 0.25) is 0 Å². The fourth-order valence-corrected chi connectivity index (χ4v) is 13.9. The van der Waals surface area contributed by atoms with Crippen LogP contribution in [-0.4, -0.2) is 49.3 Å². The summed E-state index contributed by atoms with van der Waals surface area (Å²) >= 11 is 0. The van der Waals surface area contributed by atoms with Crippen molar-refractivity contribution >= 4 is 19.8 Å². The minimum Gasteiger partial charge on any atom is -0.462 e. The van der Waals surface area contributed by atoms with Crippen LogP contribution in [0.25, 0.3) is 0 Å². The molecule has 0 aliphatic heterocycles. The molecule has 0 heterocycles. The summed E-state index contributed by atoms with van der Waals surface area (Å²) in [6.07, 6.45) is 101. The third-order valence-electron chi connectivity index (χ3n) is 19.3. The normalized spacial score (nSPS) is 12.9. The number of esters is 2. The van der Waals surface area contributed by atoms with Crippen LogP contribution in [0.3, 0.4) is 0 Å². The first kappa shape index (κ1) is 91.5. The molecule has 0 amide bonds. The quantitative estimate of drug-likeness (QED) is 0.0264. The summed E-state index contributed by atoms with van der Waals surface area (Å²) in [5.41, 5.74) is 5.42. The van der Waals surface area contributed by atoms with Gasteiger partial charge in [-0.25, -0.2) is 4.57 Å². The fraction of sp³-hybridized carbons (Fsp3) is 0.928. The maximum Gasteiger partial charge on any atom is 0.472 e. The van der Waals surface area contributed by atoms with Crippen LogP contribution in [0.1, 0.15) is 463 Å². The molecule has 0 aliphatic rings. The standard InChI is InChI=1S/C83H162NO8P/c1-3-5-7-9-11-13-15-17-19-21-23-25-27-29-31-33-35-36-37-38-39-40-41-42-43-44-46-47-49-51-53-55-57-59-61-63-65-67-69-71-73-75-82(85)89-79-81(80-91-93(87,88)90-78-77-84)92-83(86)76-74-72-70-68-66-64-62-60-58-56-54-52-50-48-45-34-32-30-28-26-24-22-20-18-16-14-12-10-8-6-4-2/h16,18,22,24,81H,3-15,17,19-21,23,25-80,84H2,1-2H3,(H,87,88)/b18-16-,24-22-. The molecule has 0 aromatic carbocycles. The summed E-state index contributed by atoms with van der Waals surface area (Å²) in [7, 11) is -4.39. The lowest BCUT2D eigenvalue weighted by Crippen LogP contribution is -2.29. The minimum atomic E-state index is -4.39. The molecule has 0 saturated carbocycles. The SMILES string of the molecule is CCCCCCC/C=C\C/C=C\CCCCCCCCCCCCCCCCCCCCCC(=O)OC(COC(=O)CCCCCCCCCCCCCCCCCCCCCCCCCCCCCCCCCCCCCCCCCCC)COP(=O)(O)OCCN. The van der Waals surface area contributed by atoms with Crippen molar-refractivity contribution in [3.8, 4) is 0 Å². The van der Waals surface area contributed by atoms with Gasteiger partial charge in [0.15, 0.2) is 6.10 Å². The van der Waals surface area contributed by atoms with Crippen molar-refractivity contribution < 1.29 is 37.6 Å². The molecule has 552 valence electrons. The summed E-state index contributed by atoms with van der Waals surface area (Å²) in [5.74, 6) is -0.799. The lowest BCUT2D eigenvalue weighted by Gasteiger charge is -2.19. The highest BCUT2D eigenvalue weighted by Crippen LogP contribution is 2.43. The summed E-state index contributed by atoms with van der Waals surface area (Å²) in [5, 5.41) is 0. The van der Waals surface area contributed by atoms with Gasteiger partial charge in [-0.05, 0) is 44.9 Å². The monoisotopic (exact) mass is 1330 g/mol. The Morgan fingerprint density at radius 2 is 0.559 bits per heavy atom. The van der Waals surface area contributed by atoms with Crippen LogP contribution >= 0.6 is 7.82 Å². The van der Waals surface area contributed by atoms with Crippen molar-refractivity contribution in [2.75, 3.05) is 26.4 Å². The molecule has 3 N–H and O–H groups in total. The first-order valence-electron chi connectivity index (χ1n) is 41.8. The fourth-order valence-electron chi connectivity index (χ4n) is 13.1. The van der Waals surface area contributed by atoms with Crippen LogP contribution in [0.5, 0.6) is 0 Å². The summed E-state index contributed by atoms with van der Waals surface area (Å²) in [4.78, 5) is 35.5. The Morgan fingerprint density at radius 3 is 0.817 bits per heavy atom. The Hall–Kier alpha value is -1.51. The molecule has 0 rings (SSSR count). The van der Waals surface area contributed by atoms with Gasteiger partial charge < -0.3 is 20.1 Å². The Morgan fingerprint density at radius 1 is 0.323 bits per heavy atom. The molecular weight excluding hydrogens is 1170 g/mol. The van der Waals surface area contributed by atoms with E-state index in [0.717, 1.165) is 38.5 Å². The zero-order valence-electron chi connectivity index (χ0n) is 62.5. The van der Waals surface area contributed by atoms with E-state index in [2.05, 4.69) is 38.2 Å². The second-order valence-corrected chi connectivity index (χ2v) is 30.2. The molecule has 0 spiro atoms. The maximum absolute atomic E-state index is 12.8. The maximum atomic E-state index is 12.8. The van der Waals surface area contributed by atoms with Crippen molar-refractivity contribution in [1.29, 1.82) is 0 Å². The molecule has 2 atom stereocenters. The Kier molecular flexibility index (Phi) is 78.2. The lowest BCUT2D eigenvalue weighted by atomic mass is 10.0. The predicted octanol–water partition coefficient (Wildman–Crippen LogP) is 28.0. The summed E-state index contributed by atoms with van der Waals surface area (Å²) < 4.78 is 33.3. The second-order valence-electron chi connectivity index (χ2n) is 28.7. The number of hydrogen-bond donors (Lipinski definition) is 2. The molecule has 10 heteroatoms. The van der Waals surface area contributed by atoms with E-state index >= 15 is 0 Å². The van der Waals surface area contributed by atoms with Gasteiger partial charge in [0.25, 0.3) is 0 Å². The van der Waals surface area contributed by atoms with E-state index in [9.17, 15) is 19.0 Å². The summed E-state index contributed by atoms with van der Waals surface area (Å²) in [6, 6.07) is 0. The Bertz CT molecular complexity index is 1570. The number of hydrogen-bond acceptors (Lipinski definition) is 8. The van der Waals surface area contributed by atoms with Crippen molar-refractivity contribution in [1.82, 2.24) is 0 Å². The molecule has 0 aromatic rings. The van der Waals surface area contributed by atoms with Crippen molar-refractivity contribution in [3.63, 3.8) is 0 Å². The van der Waals surface area contributed by atoms with Crippen LogP contribution in [-0.2, 0) is 32.7 Å². The van der Waals surface area contributed by atoms with Gasteiger partial charge in [0, 0.05) is 19.4 Å². The van der Waals surface area contributed by atoms with Gasteiger partial charge in [-0.15, -0.1) is 0 Å². The average Bonchev–Trinajstić information content (AvgIpc) is 3.70. The molecule has 0 aromatic heterocycles. The average molecular weight is 1330 g/mol. The molecule has 0 aliphatic carbocycles. The number of rotatable bonds is 81. The zero-order chi connectivity index (χ0) is 67.2. The van der Waals surface area contributed by atoms with Gasteiger partial charge >= 0.3 is 19.8 Å². The van der Waals surface area contributed by atoms with Gasteiger partial charge in [0.05, 0.1) is 13.2 Å². The van der Waals surface area contributed by atoms with Crippen LogP contribution in [0.4, 0.5) is 0 Å². The Balaban J connectivity index is 3.70. The number of allylic oxidation sites excluding steroid dienone is 4. The molecular formula is C83H162NO8P. The highest BCUT2D eigenvalue weighted by Gasteiger charge is 2.26. The highest BCUT2D eigenvalue weighted by molar-refractivity contribution is 7.47. The van der Waals surface area contributed by atoms with Gasteiger partial charge in [-0.2, -0.15) is 0 Å². The predicted molar refractivity (Wildman–Crippen MR) is 404 cm³/mol. The van der Waals surface area contributed by atoms with Gasteiger partial charge in [0.1, 0.15) is 6.61 Å². The zero-order valence-corrected chi connectivity index (χ0v) is 63.4. The van der Waals surface area contributed by atoms with Crippen LogP contribution < -0.4 is 5.73 Å². The van der Waals surface area contributed by atoms with Crippen LogP contribution in [0, 0.1) is 0 Å². The van der Waals surface area contributed by atoms with Crippen molar-refractivity contribution in [2.45, 2.75) is 469 Å². The number of nitrogens with two attached hydrogens (primary N) is 1. The molecule has 0 fully saturated rings. The highest BCUT2D eigenvalue weighted by atomic mass is 31.2. The topological polar surface area (TPSA) is 134 Å². The van der Waals surface area contributed by atoms with Crippen LogP contribution in [0.15, 0.2) is 24.3 Å². The number of unbranched alkanes of at least 4 members (excludes halogenated alkanes) is 64. The number of phosphoric ester groups is 1. The first-order valence-corrected chi connectivity index (χ1v) is 43.3. The lowest BCUT2D eigenvalue weighted by molar-refractivity contribution is -0.161. The smallest absolute Gasteiger partial charge is 0.462 e. The van der Waals surface area contributed by atoms with Crippen molar-refractivity contribution in [2.24, 2.45) is 5.73 Å². The van der Waals surface area contributed by atoms with Gasteiger partial charge in [-0.1, -0.05) is 430 Å². The van der Waals surface area contributed by atoms with E-state index in [1.54, 1.807) is 0 Å². The number of phosphoric acid groups is 1. The molecule has 0 radical (unpaired) electrons. The third kappa shape index (κ3) is 79.4. The van der Waals surface area contributed by atoms with E-state index in [4.69, 9.17) is 24.3 Å². The van der Waals surface area contributed by atoms with E-state index in [0.29, 0.717) is 6.42 Å². The number of carbonyl (C=O) groups is 2. The third-order valence-corrected chi connectivity index (χ3v) is 20.3. The molecule has 93 heavy (non-hydrogen) atoms. The minimum absolute atomic E-state index is 0.0572. The van der Waals surface area contributed by atoms with E-state index in [1.807, 2.05) is 0 Å². The second kappa shape index (κ2) is 79.5. The number of ether oxygens (including phenoxy) is 2. The van der Waals surface area contributed by atoms with E-state index < -0.39 is 26.5 Å². The number of carbonyl (C=O) groups excluding carboxylic acids is 2. The first-order chi connectivity index (χ1) is 45.8. The van der Waals surface area contributed by atoms with E-state index in [-0.39, 0.29) is 38.6 Å². The molecule has 0 saturated heterocycles. The molecule has 2 unspecified atom stereocenters. The molecule has 9 nitrogen and oxygen atoms in total. The Labute approximate surface area is 580 Å². The molecule has 0 bridgehead atoms.